The number of hydrogen-bond acceptors (Lipinski definition) is 4. The number of aromatic nitrogens is 2. The predicted octanol–water partition coefficient (Wildman–Crippen LogP) is 2.76. The standard InChI is InChI=1S/C20H23N3O2S/c24-18-6-9-21-20-23(18)17(14-26-20)13-19(25)22-10-7-16(8-11-22)12-15-4-2-1-3-5-15/h1-6,9,16-17H,7-8,10-14H2/t17-/m0/s1. The van der Waals surface area contributed by atoms with E-state index in [0.29, 0.717) is 12.3 Å². The highest BCUT2D eigenvalue weighted by Crippen LogP contribution is 2.32. The van der Waals surface area contributed by atoms with Crippen LogP contribution in [0.5, 0.6) is 0 Å². The lowest BCUT2D eigenvalue weighted by Gasteiger charge is -2.32. The molecular formula is C20H23N3O2S. The molecule has 1 fully saturated rings. The van der Waals surface area contributed by atoms with Crippen LogP contribution < -0.4 is 5.56 Å². The van der Waals surface area contributed by atoms with Gasteiger partial charge in [0.05, 0.1) is 6.04 Å². The number of carbonyl (C=O) groups is 1. The Morgan fingerprint density at radius 1 is 1.15 bits per heavy atom. The van der Waals surface area contributed by atoms with Crippen molar-refractivity contribution in [3.05, 3.63) is 58.5 Å². The van der Waals surface area contributed by atoms with Gasteiger partial charge in [-0.15, -0.1) is 0 Å². The topological polar surface area (TPSA) is 55.2 Å². The largest absolute Gasteiger partial charge is 0.343 e. The van der Waals surface area contributed by atoms with Gasteiger partial charge in [0.2, 0.25) is 5.91 Å². The zero-order valence-corrected chi connectivity index (χ0v) is 15.5. The number of fused-ring (bicyclic) bond motifs is 1. The zero-order valence-electron chi connectivity index (χ0n) is 14.7. The van der Waals surface area contributed by atoms with E-state index in [1.807, 2.05) is 11.0 Å². The van der Waals surface area contributed by atoms with Gasteiger partial charge in [-0.2, -0.15) is 0 Å². The van der Waals surface area contributed by atoms with Gasteiger partial charge in [0.25, 0.3) is 5.56 Å². The summed E-state index contributed by atoms with van der Waals surface area (Å²) >= 11 is 1.56. The molecule has 26 heavy (non-hydrogen) atoms. The highest BCUT2D eigenvalue weighted by atomic mass is 32.2. The van der Waals surface area contributed by atoms with Crippen LogP contribution in [0, 0.1) is 5.92 Å². The minimum atomic E-state index is -0.0641. The van der Waals surface area contributed by atoms with Gasteiger partial charge in [-0.3, -0.25) is 14.2 Å². The zero-order chi connectivity index (χ0) is 17.9. The van der Waals surface area contributed by atoms with Gasteiger partial charge in [0, 0.05) is 37.5 Å². The number of thioether (sulfide) groups is 1. The molecule has 2 aromatic rings. The lowest BCUT2D eigenvalue weighted by Crippen LogP contribution is -2.40. The van der Waals surface area contributed by atoms with Crippen LogP contribution in [0.2, 0.25) is 0 Å². The Kier molecular flexibility index (Phi) is 5.11. The quantitative estimate of drug-likeness (QED) is 0.778. The Labute approximate surface area is 157 Å². The van der Waals surface area contributed by atoms with Crippen LogP contribution in [-0.2, 0) is 11.2 Å². The Bertz CT molecular complexity index is 828. The van der Waals surface area contributed by atoms with E-state index in [-0.39, 0.29) is 17.5 Å². The first-order chi connectivity index (χ1) is 12.7. The van der Waals surface area contributed by atoms with Crippen molar-refractivity contribution in [3.63, 3.8) is 0 Å². The van der Waals surface area contributed by atoms with Crippen LogP contribution in [0.4, 0.5) is 0 Å². The second kappa shape index (κ2) is 7.66. The smallest absolute Gasteiger partial charge is 0.254 e. The number of hydrogen-bond donors (Lipinski definition) is 0. The third kappa shape index (κ3) is 3.70. The molecular weight excluding hydrogens is 346 g/mol. The highest BCUT2D eigenvalue weighted by molar-refractivity contribution is 7.99. The van der Waals surface area contributed by atoms with Gasteiger partial charge >= 0.3 is 0 Å². The Morgan fingerprint density at radius 3 is 2.69 bits per heavy atom. The molecule has 0 N–H and O–H groups in total. The first-order valence-electron chi connectivity index (χ1n) is 9.23. The minimum Gasteiger partial charge on any atom is -0.343 e. The summed E-state index contributed by atoms with van der Waals surface area (Å²) < 4.78 is 1.69. The van der Waals surface area contributed by atoms with Gasteiger partial charge < -0.3 is 4.90 Å². The molecule has 4 rings (SSSR count). The normalized spacial score (nSPS) is 20.2. The summed E-state index contributed by atoms with van der Waals surface area (Å²) in [5, 5.41) is 0.733. The van der Waals surface area contributed by atoms with Crippen molar-refractivity contribution in [2.24, 2.45) is 5.92 Å². The number of amides is 1. The van der Waals surface area contributed by atoms with Crippen molar-refractivity contribution in [1.82, 2.24) is 14.5 Å². The van der Waals surface area contributed by atoms with Crippen molar-refractivity contribution in [2.75, 3.05) is 18.8 Å². The summed E-state index contributed by atoms with van der Waals surface area (Å²) in [5.41, 5.74) is 1.32. The summed E-state index contributed by atoms with van der Waals surface area (Å²) in [4.78, 5) is 31.0. The first-order valence-corrected chi connectivity index (χ1v) is 10.2. The summed E-state index contributed by atoms with van der Waals surface area (Å²) in [5.74, 6) is 1.57. The number of piperidine rings is 1. The average molecular weight is 369 g/mol. The molecule has 2 aliphatic rings. The summed E-state index contributed by atoms with van der Waals surface area (Å²) in [6.07, 6.45) is 5.14. The van der Waals surface area contributed by atoms with Gasteiger partial charge in [-0.1, -0.05) is 42.1 Å². The van der Waals surface area contributed by atoms with Crippen LogP contribution in [0.1, 0.15) is 30.9 Å². The molecule has 5 nitrogen and oxygen atoms in total. The number of likely N-dealkylation sites (tertiary alicyclic amines) is 1. The molecule has 2 aliphatic heterocycles. The molecule has 0 aliphatic carbocycles. The van der Waals surface area contributed by atoms with E-state index in [0.717, 1.165) is 43.3 Å². The molecule has 0 unspecified atom stereocenters. The summed E-state index contributed by atoms with van der Waals surface area (Å²) in [6, 6.07) is 12.0. The molecule has 0 bridgehead atoms. The van der Waals surface area contributed by atoms with Crippen LogP contribution in [-0.4, -0.2) is 39.2 Å². The van der Waals surface area contributed by atoms with Crippen molar-refractivity contribution in [1.29, 1.82) is 0 Å². The number of nitrogens with zero attached hydrogens (tertiary/aromatic N) is 3. The minimum absolute atomic E-state index is 0.0561. The molecule has 1 saturated heterocycles. The van der Waals surface area contributed by atoms with Gasteiger partial charge in [-0.05, 0) is 30.7 Å². The van der Waals surface area contributed by atoms with E-state index in [1.165, 1.54) is 11.6 Å². The summed E-state index contributed by atoms with van der Waals surface area (Å²) in [7, 11) is 0. The molecule has 1 aromatic heterocycles. The lowest BCUT2D eigenvalue weighted by atomic mass is 9.90. The molecule has 3 heterocycles. The van der Waals surface area contributed by atoms with Gasteiger partial charge in [0.1, 0.15) is 0 Å². The second-order valence-electron chi connectivity index (χ2n) is 7.12. The van der Waals surface area contributed by atoms with Crippen LogP contribution >= 0.6 is 11.8 Å². The molecule has 136 valence electrons. The molecule has 0 radical (unpaired) electrons. The highest BCUT2D eigenvalue weighted by Gasteiger charge is 2.30. The van der Waals surface area contributed by atoms with Gasteiger partial charge in [0.15, 0.2) is 5.16 Å². The van der Waals surface area contributed by atoms with E-state index in [2.05, 4.69) is 29.2 Å². The van der Waals surface area contributed by atoms with Crippen molar-refractivity contribution in [2.45, 2.75) is 36.9 Å². The molecule has 6 heteroatoms. The monoisotopic (exact) mass is 369 g/mol. The van der Waals surface area contributed by atoms with Crippen molar-refractivity contribution >= 4 is 17.7 Å². The van der Waals surface area contributed by atoms with Crippen LogP contribution in [0.25, 0.3) is 0 Å². The molecule has 1 amide bonds. The third-order valence-electron chi connectivity index (χ3n) is 5.36. The van der Waals surface area contributed by atoms with E-state index >= 15 is 0 Å². The number of carbonyl (C=O) groups excluding carboxylic acids is 1. The number of rotatable bonds is 4. The Hall–Kier alpha value is -2.08. The number of benzene rings is 1. The Morgan fingerprint density at radius 2 is 1.92 bits per heavy atom. The second-order valence-corrected chi connectivity index (χ2v) is 8.11. The fourth-order valence-electron chi connectivity index (χ4n) is 3.90. The van der Waals surface area contributed by atoms with E-state index in [9.17, 15) is 9.59 Å². The fourth-order valence-corrected chi connectivity index (χ4v) is 5.03. The van der Waals surface area contributed by atoms with E-state index < -0.39 is 0 Å². The van der Waals surface area contributed by atoms with Crippen LogP contribution in [0.15, 0.2) is 52.5 Å². The third-order valence-corrected chi connectivity index (χ3v) is 6.47. The van der Waals surface area contributed by atoms with E-state index in [4.69, 9.17) is 0 Å². The average Bonchev–Trinajstić information content (AvgIpc) is 3.07. The fraction of sp³-hybridized carbons (Fsp3) is 0.450. The van der Waals surface area contributed by atoms with E-state index in [1.54, 1.807) is 22.5 Å². The molecule has 1 aromatic carbocycles. The van der Waals surface area contributed by atoms with Crippen molar-refractivity contribution in [3.8, 4) is 0 Å². The molecule has 0 saturated carbocycles. The molecule has 1 atom stereocenters. The maximum Gasteiger partial charge on any atom is 0.254 e. The summed E-state index contributed by atoms with van der Waals surface area (Å²) in [6.45, 7) is 1.65. The maximum atomic E-state index is 12.7. The van der Waals surface area contributed by atoms with Gasteiger partial charge in [-0.25, -0.2) is 4.98 Å². The Balaban J connectivity index is 1.32. The van der Waals surface area contributed by atoms with Crippen molar-refractivity contribution < 1.29 is 4.79 Å². The first kappa shape index (κ1) is 17.3. The maximum absolute atomic E-state index is 12.7. The lowest BCUT2D eigenvalue weighted by molar-refractivity contribution is -0.133. The predicted molar refractivity (Wildman–Crippen MR) is 102 cm³/mol. The van der Waals surface area contributed by atoms with Crippen LogP contribution in [0.3, 0.4) is 0 Å². The molecule has 0 spiro atoms. The SMILES string of the molecule is O=C(C[C@H]1CSc2nccc(=O)n21)N1CCC(Cc2ccccc2)CC1.